The quantitative estimate of drug-likeness (QED) is 0.200. The number of hydrogen-bond acceptors (Lipinski definition) is 14. The molecule has 8 N–H and O–H groups in total. The fourth-order valence-electron chi connectivity index (χ4n) is 3.49. The van der Waals surface area contributed by atoms with E-state index < -0.39 is 61.9 Å². The zero-order valence-corrected chi connectivity index (χ0v) is 16.7. The predicted octanol–water partition coefficient (Wildman–Crippen LogP) is -3.91. The number of ether oxygens (including phenoxy) is 3. The summed E-state index contributed by atoms with van der Waals surface area (Å²) in [5, 5.41) is 59.8. The molecule has 1 aromatic rings. The third-order valence-electron chi connectivity index (χ3n) is 5.32. The standard InChI is InChI=1S/C17H27N5O9/c1-19-8-14(18)20-5-21-15(8)22(2)16-12(27)10(25)7(30-16)4-29-17-13(28)11(26)9(24)6(3-23)31-17/h5-7,9-13,16-17,23-28H,1,3-4H2,2H3,(H2,18,20,21)/t6?,7-,9-,10?,11?,12?,13?,16-,17+/m1/s1. The van der Waals surface area contributed by atoms with Crippen molar-refractivity contribution in [3.63, 3.8) is 0 Å². The molecule has 0 aliphatic carbocycles. The lowest BCUT2D eigenvalue weighted by Crippen LogP contribution is -2.59. The number of anilines is 2. The van der Waals surface area contributed by atoms with Crippen molar-refractivity contribution in [1.29, 1.82) is 0 Å². The molecule has 3 heterocycles. The highest BCUT2D eigenvalue weighted by Crippen LogP contribution is 2.34. The van der Waals surface area contributed by atoms with E-state index in [9.17, 15) is 30.6 Å². The van der Waals surface area contributed by atoms with Gasteiger partial charge in [-0.15, -0.1) is 0 Å². The van der Waals surface area contributed by atoms with Gasteiger partial charge in [-0.25, -0.2) is 9.97 Å². The second-order valence-electron chi connectivity index (χ2n) is 7.28. The van der Waals surface area contributed by atoms with Crippen LogP contribution in [0.1, 0.15) is 0 Å². The number of nitrogen functional groups attached to an aromatic ring is 1. The molecule has 9 atom stereocenters. The first-order chi connectivity index (χ1) is 14.7. The number of aromatic nitrogens is 2. The van der Waals surface area contributed by atoms with Gasteiger partial charge >= 0.3 is 0 Å². The van der Waals surface area contributed by atoms with E-state index >= 15 is 0 Å². The summed E-state index contributed by atoms with van der Waals surface area (Å²) in [5.74, 6) is 0.289. The topological polar surface area (TPSA) is 216 Å². The highest BCUT2D eigenvalue weighted by atomic mass is 16.7. The molecule has 0 bridgehead atoms. The van der Waals surface area contributed by atoms with E-state index in [1.54, 1.807) is 0 Å². The number of aliphatic hydroxyl groups is 6. The van der Waals surface area contributed by atoms with Gasteiger partial charge in [0, 0.05) is 7.05 Å². The summed E-state index contributed by atoms with van der Waals surface area (Å²) in [6.45, 7) is 2.47. The largest absolute Gasteiger partial charge is 0.394 e. The first kappa shape index (κ1) is 23.6. The van der Waals surface area contributed by atoms with E-state index in [1.165, 1.54) is 18.3 Å². The van der Waals surface area contributed by atoms with E-state index in [0.29, 0.717) is 0 Å². The molecule has 0 radical (unpaired) electrons. The van der Waals surface area contributed by atoms with Crippen LogP contribution in [0.3, 0.4) is 0 Å². The van der Waals surface area contributed by atoms with Crippen molar-refractivity contribution in [2.75, 3.05) is 30.9 Å². The zero-order valence-electron chi connectivity index (χ0n) is 16.7. The fraction of sp³-hybridized carbons (Fsp3) is 0.706. The van der Waals surface area contributed by atoms with Crippen molar-refractivity contribution in [2.45, 2.75) is 55.2 Å². The van der Waals surface area contributed by atoms with E-state index in [1.807, 2.05) is 0 Å². The predicted molar refractivity (Wildman–Crippen MR) is 104 cm³/mol. The van der Waals surface area contributed by atoms with Crippen LogP contribution in [0, 0.1) is 0 Å². The van der Waals surface area contributed by atoms with E-state index in [4.69, 9.17) is 19.9 Å². The van der Waals surface area contributed by atoms with Crippen molar-refractivity contribution in [2.24, 2.45) is 4.99 Å². The molecule has 1 aromatic heterocycles. The lowest BCUT2D eigenvalue weighted by atomic mass is 9.99. The lowest BCUT2D eigenvalue weighted by molar-refractivity contribution is -0.305. The first-order valence-electron chi connectivity index (χ1n) is 9.45. The molecule has 2 fully saturated rings. The van der Waals surface area contributed by atoms with Crippen LogP contribution in [0.4, 0.5) is 17.3 Å². The second-order valence-corrected chi connectivity index (χ2v) is 7.28. The molecule has 14 heteroatoms. The van der Waals surface area contributed by atoms with Crippen molar-refractivity contribution in [1.82, 2.24) is 9.97 Å². The molecule has 3 rings (SSSR count). The SMILES string of the molecule is C=Nc1c(N)ncnc1N(C)[C@@H]1O[C@H](CO[C@H]2OC(CO)[C@@H](O)C(O)C2O)C(O)C1O. The number of likely N-dealkylation sites (N-methyl/N-ethyl adjacent to an activating group) is 1. The van der Waals surface area contributed by atoms with E-state index in [0.717, 1.165) is 0 Å². The zero-order chi connectivity index (χ0) is 22.9. The molecule has 2 aliphatic heterocycles. The molecule has 0 amide bonds. The van der Waals surface area contributed by atoms with Gasteiger partial charge in [0.25, 0.3) is 0 Å². The van der Waals surface area contributed by atoms with Gasteiger partial charge in [-0.1, -0.05) is 0 Å². The minimum atomic E-state index is -1.61. The third-order valence-corrected chi connectivity index (χ3v) is 5.32. The molecule has 5 unspecified atom stereocenters. The van der Waals surface area contributed by atoms with Crippen molar-refractivity contribution in [3.05, 3.63) is 6.33 Å². The summed E-state index contributed by atoms with van der Waals surface area (Å²) in [7, 11) is 1.54. The van der Waals surface area contributed by atoms with Gasteiger partial charge in [0.05, 0.1) is 13.2 Å². The number of rotatable bonds is 7. The molecule has 0 saturated carbocycles. The third kappa shape index (κ3) is 4.48. The highest BCUT2D eigenvalue weighted by molar-refractivity contribution is 5.74. The minimum absolute atomic E-state index is 0.0717. The summed E-state index contributed by atoms with van der Waals surface area (Å²) in [5.41, 5.74) is 5.94. The van der Waals surface area contributed by atoms with Crippen LogP contribution in [0.2, 0.25) is 0 Å². The molecule has 14 nitrogen and oxygen atoms in total. The monoisotopic (exact) mass is 445 g/mol. The normalized spacial score (nSPS) is 38.2. The molecular formula is C17H27N5O9. The van der Waals surface area contributed by atoms with Gasteiger partial charge in [-0.2, -0.15) is 0 Å². The average Bonchev–Trinajstić information content (AvgIpc) is 3.05. The number of hydrogen-bond donors (Lipinski definition) is 7. The second kappa shape index (κ2) is 9.64. The molecule has 0 aromatic carbocycles. The van der Waals surface area contributed by atoms with Crippen LogP contribution in [0.15, 0.2) is 11.3 Å². The smallest absolute Gasteiger partial charge is 0.186 e. The Bertz CT molecular complexity index is 772. The fourth-order valence-corrected chi connectivity index (χ4v) is 3.49. The Balaban J connectivity index is 1.67. The Morgan fingerprint density at radius 1 is 1.06 bits per heavy atom. The molecule has 31 heavy (non-hydrogen) atoms. The number of nitrogens with zero attached hydrogens (tertiary/aromatic N) is 4. The molecule has 0 spiro atoms. The number of aliphatic imine (C=N–C) groups is 1. The molecule has 2 aliphatic rings. The Morgan fingerprint density at radius 2 is 1.74 bits per heavy atom. The Hall–Kier alpha value is -2.01. The van der Waals surface area contributed by atoms with Gasteiger partial charge in [-0.3, -0.25) is 4.99 Å². The minimum Gasteiger partial charge on any atom is -0.394 e. The molecule has 174 valence electrons. The average molecular weight is 445 g/mol. The summed E-state index contributed by atoms with van der Waals surface area (Å²) in [6.07, 6.45) is -10.9. The maximum absolute atomic E-state index is 10.5. The first-order valence-corrected chi connectivity index (χ1v) is 9.45. The van der Waals surface area contributed by atoms with Crippen molar-refractivity contribution < 1.29 is 44.8 Å². The van der Waals surface area contributed by atoms with E-state index in [2.05, 4.69) is 21.7 Å². The van der Waals surface area contributed by atoms with Crippen LogP contribution >= 0.6 is 0 Å². The van der Waals surface area contributed by atoms with E-state index in [-0.39, 0.29) is 23.9 Å². The van der Waals surface area contributed by atoms with Gasteiger partial charge in [0.1, 0.15) is 54.7 Å². The van der Waals surface area contributed by atoms with Crippen LogP contribution in [-0.2, 0) is 14.2 Å². The van der Waals surface area contributed by atoms with Crippen LogP contribution in [0.25, 0.3) is 0 Å². The highest BCUT2D eigenvalue weighted by Gasteiger charge is 2.48. The summed E-state index contributed by atoms with van der Waals surface area (Å²) < 4.78 is 16.4. The summed E-state index contributed by atoms with van der Waals surface area (Å²) in [6, 6.07) is 0. The Kier molecular flexibility index (Phi) is 7.35. The summed E-state index contributed by atoms with van der Waals surface area (Å²) >= 11 is 0. The lowest BCUT2D eigenvalue weighted by Gasteiger charge is -2.39. The Labute approximate surface area is 177 Å². The van der Waals surface area contributed by atoms with Crippen LogP contribution in [-0.4, -0.2) is 123 Å². The van der Waals surface area contributed by atoms with Gasteiger partial charge in [-0.05, 0) is 6.72 Å². The van der Waals surface area contributed by atoms with Crippen LogP contribution < -0.4 is 10.6 Å². The Morgan fingerprint density at radius 3 is 2.39 bits per heavy atom. The van der Waals surface area contributed by atoms with Gasteiger partial charge < -0.3 is 55.5 Å². The summed E-state index contributed by atoms with van der Waals surface area (Å²) in [4.78, 5) is 13.1. The molecular weight excluding hydrogens is 418 g/mol. The van der Waals surface area contributed by atoms with Gasteiger partial charge in [0.15, 0.2) is 24.2 Å². The maximum atomic E-state index is 10.5. The molecule has 2 saturated heterocycles. The van der Waals surface area contributed by atoms with Gasteiger partial charge in [0.2, 0.25) is 0 Å². The van der Waals surface area contributed by atoms with Crippen molar-refractivity contribution >= 4 is 24.0 Å². The number of aliphatic hydroxyl groups excluding tert-OH is 6. The number of nitrogens with two attached hydrogens (primary N) is 1. The van der Waals surface area contributed by atoms with Crippen molar-refractivity contribution in [3.8, 4) is 0 Å². The maximum Gasteiger partial charge on any atom is 0.186 e. The van der Waals surface area contributed by atoms with Crippen LogP contribution in [0.5, 0.6) is 0 Å².